The van der Waals surface area contributed by atoms with Gasteiger partial charge in [-0.15, -0.1) is 0 Å². The third kappa shape index (κ3) is 1.08. The number of para-hydroxylation sites is 1. The Kier molecular flexibility index (Phi) is 1.49. The highest BCUT2D eigenvalue weighted by molar-refractivity contribution is 6.32. The van der Waals surface area contributed by atoms with E-state index in [2.05, 4.69) is 0 Å². The molecule has 0 amide bonds. The quantitative estimate of drug-likeness (QED) is 0.594. The van der Waals surface area contributed by atoms with Crippen LogP contribution in [0.5, 0.6) is 11.5 Å². The van der Waals surface area contributed by atoms with Gasteiger partial charge in [0.1, 0.15) is 0 Å². The van der Waals surface area contributed by atoms with Crippen LogP contribution in [0, 0.1) is 0 Å². The number of halogens is 1. The van der Waals surface area contributed by atoms with Crippen LogP contribution in [0.15, 0.2) is 18.2 Å². The van der Waals surface area contributed by atoms with Crippen LogP contribution in [0.25, 0.3) is 0 Å². The molecule has 0 aromatic heterocycles. The second-order valence-corrected chi connectivity index (χ2v) is 1.99. The molecule has 0 saturated carbocycles. The fourth-order valence-corrected chi connectivity index (χ4v) is 0.661. The fraction of sp³-hybridized carbons (Fsp3) is 0. The summed E-state index contributed by atoms with van der Waals surface area (Å²) in [5.74, 6) is -0.818. The molecule has 0 aliphatic rings. The summed E-state index contributed by atoms with van der Waals surface area (Å²) >= 11 is 5.36. The molecular formula is C6H4ClO2. The minimum Gasteiger partial charge on any atom is -0.503 e. The summed E-state index contributed by atoms with van der Waals surface area (Å²) in [5.41, 5.74) is 0. The third-order valence-corrected chi connectivity index (χ3v) is 1.25. The first-order valence-corrected chi connectivity index (χ1v) is 2.74. The maximum atomic E-state index is 10.5. The highest BCUT2D eigenvalue weighted by atomic mass is 35.5. The summed E-state index contributed by atoms with van der Waals surface area (Å²) < 4.78 is 0. The minimum absolute atomic E-state index is 0.0995. The van der Waals surface area contributed by atoms with Crippen LogP contribution < -0.4 is 0 Å². The van der Waals surface area contributed by atoms with E-state index in [0.717, 1.165) is 0 Å². The van der Waals surface area contributed by atoms with E-state index in [1.54, 1.807) is 0 Å². The Bertz CT molecular complexity index is 202. The van der Waals surface area contributed by atoms with Crippen LogP contribution in [0.4, 0.5) is 0 Å². The van der Waals surface area contributed by atoms with Gasteiger partial charge in [0.15, 0.2) is 5.75 Å². The molecule has 0 spiro atoms. The van der Waals surface area contributed by atoms with Gasteiger partial charge >= 0.3 is 0 Å². The molecular weight excluding hydrogens is 140 g/mol. The Hall–Kier alpha value is -0.890. The molecule has 0 bridgehead atoms. The highest BCUT2D eigenvalue weighted by Gasteiger charge is 2.02. The molecule has 2 nitrogen and oxygen atoms in total. The van der Waals surface area contributed by atoms with E-state index in [1.807, 2.05) is 0 Å². The Labute approximate surface area is 57.3 Å². The number of rotatable bonds is 0. The van der Waals surface area contributed by atoms with E-state index >= 15 is 0 Å². The SMILES string of the molecule is [O]c1cccc(Cl)c1O. The summed E-state index contributed by atoms with van der Waals surface area (Å²) in [6.45, 7) is 0. The van der Waals surface area contributed by atoms with Gasteiger partial charge in [-0.05, 0) is 12.1 Å². The lowest BCUT2D eigenvalue weighted by atomic mass is 10.3. The monoisotopic (exact) mass is 143 g/mol. The first-order chi connectivity index (χ1) is 4.22. The van der Waals surface area contributed by atoms with Crippen molar-refractivity contribution in [3.63, 3.8) is 0 Å². The van der Waals surface area contributed by atoms with Crippen molar-refractivity contribution in [3.8, 4) is 11.5 Å². The van der Waals surface area contributed by atoms with Gasteiger partial charge in [0.05, 0.1) is 5.02 Å². The first kappa shape index (κ1) is 6.23. The topological polar surface area (TPSA) is 40.1 Å². The Morgan fingerprint density at radius 2 is 2.11 bits per heavy atom. The van der Waals surface area contributed by atoms with Crippen LogP contribution >= 0.6 is 11.6 Å². The van der Waals surface area contributed by atoms with E-state index in [4.69, 9.17) is 16.7 Å². The first-order valence-electron chi connectivity index (χ1n) is 2.36. The minimum atomic E-state index is -0.442. The van der Waals surface area contributed by atoms with E-state index in [0.29, 0.717) is 0 Å². The standard InChI is InChI=1S/C6H4ClO2/c7-4-2-1-3-5(8)6(4)9/h1-3,9H. The molecule has 1 N–H and O–H groups in total. The second-order valence-electron chi connectivity index (χ2n) is 1.59. The molecule has 0 aliphatic carbocycles. The van der Waals surface area contributed by atoms with Crippen LogP contribution in [0.2, 0.25) is 5.02 Å². The molecule has 1 radical (unpaired) electrons. The summed E-state index contributed by atoms with van der Waals surface area (Å²) in [7, 11) is 0. The van der Waals surface area contributed by atoms with Gasteiger partial charge in [-0.3, -0.25) is 5.11 Å². The van der Waals surface area contributed by atoms with Gasteiger partial charge in [0, 0.05) is 0 Å². The zero-order valence-electron chi connectivity index (χ0n) is 4.47. The molecule has 0 heterocycles. The predicted octanol–water partition coefficient (Wildman–Crippen LogP) is 2.19. The Balaban J connectivity index is 3.25. The van der Waals surface area contributed by atoms with Crippen molar-refractivity contribution in [1.82, 2.24) is 0 Å². The van der Waals surface area contributed by atoms with E-state index in [-0.39, 0.29) is 10.8 Å². The molecule has 1 rings (SSSR count). The van der Waals surface area contributed by atoms with Crippen LogP contribution in [0.3, 0.4) is 0 Å². The highest BCUT2D eigenvalue weighted by Crippen LogP contribution is 2.31. The number of phenols is 1. The number of benzene rings is 1. The van der Waals surface area contributed by atoms with Gasteiger partial charge < -0.3 is 5.11 Å². The molecule has 1 aromatic carbocycles. The summed E-state index contributed by atoms with van der Waals surface area (Å²) in [4.78, 5) is 0. The number of phenolic OH excluding ortho intramolecular Hbond substituents is 1. The maximum absolute atomic E-state index is 10.5. The number of aromatic hydroxyl groups is 1. The van der Waals surface area contributed by atoms with Crippen molar-refractivity contribution in [2.75, 3.05) is 0 Å². The van der Waals surface area contributed by atoms with Gasteiger partial charge in [0.2, 0.25) is 5.75 Å². The summed E-state index contributed by atoms with van der Waals surface area (Å²) in [5, 5.41) is 19.4. The van der Waals surface area contributed by atoms with Crippen LogP contribution in [-0.4, -0.2) is 5.11 Å². The van der Waals surface area contributed by atoms with E-state index < -0.39 is 5.75 Å². The molecule has 0 unspecified atom stereocenters. The second kappa shape index (κ2) is 2.15. The lowest BCUT2D eigenvalue weighted by molar-refractivity contribution is 0.325. The lowest BCUT2D eigenvalue weighted by Crippen LogP contribution is -1.66. The molecule has 0 saturated heterocycles. The normalized spacial score (nSPS) is 9.44. The average Bonchev–Trinajstić information content (AvgIpc) is 1.83. The maximum Gasteiger partial charge on any atom is 0.221 e. The fourth-order valence-electron chi connectivity index (χ4n) is 0.496. The van der Waals surface area contributed by atoms with Crippen molar-refractivity contribution < 1.29 is 10.2 Å². The molecule has 0 aliphatic heterocycles. The zero-order valence-corrected chi connectivity index (χ0v) is 5.22. The van der Waals surface area contributed by atoms with Gasteiger partial charge in [-0.25, -0.2) is 0 Å². The summed E-state index contributed by atoms with van der Waals surface area (Å²) in [6, 6.07) is 4.20. The smallest absolute Gasteiger partial charge is 0.221 e. The molecule has 0 atom stereocenters. The predicted molar refractivity (Wildman–Crippen MR) is 33.2 cm³/mol. The van der Waals surface area contributed by atoms with E-state index in [9.17, 15) is 5.11 Å². The van der Waals surface area contributed by atoms with Crippen LogP contribution in [-0.2, 0) is 5.11 Å². The van der Waals surface area contributed by atoms with Crippen molar-refractivity contribution in [2.45, 2.75) is 0 Å². The largest absolute Gasteiger partial charge is 0.503 e. The van der Waals surface area contributed by atoms with Crippen LogP contribution in [0.1, 0.15) is 0 Å². The van der Waals surface area contributed by atoms with Gasteiger partial charge in [-0.2, -0.15) is 0 Å². The van der Waals surface area contributed by atoms with Crippen molar-refractivity contribution in [2.24, 2.45) is 0 Å². The molecule has 0 fully saturated rings. The van der Waals surface area contributed by atoms with E-state index in [1.165, 1.54) is 18.2 Å². The summed E-state index contributed by atoms with van der Waals surface area (Å²) in [6.07, 6.45) is 0. The molecule has 47 valence electrons. The molecule has 1 aromatic rings. The Morgan fingerprint density at radius 3 is 2.56 bits per heavy atom. The van der Waals surface area contributed by atoms with Gasteiger partial charge in [0.25, 0.3) is 0 Å². The zero-order chi connectivity index (χ0) is 6.85. The average molecular weight is 144 g/mol. The van der Waals surface area contributed by atoms with Crippen molar-refractivity contribution in [1.29, 1.82) is 0 Å². The molecule has 9 heavy (non-hydrogen) atoms. The van der Waals surface area contributed by atoms with Crippen molar-refractivity contribution in [3.05, 3.63) is 23.2 Å². The van der Waals surface area contributed by atoms with Gasteiger partial charge in [-0.1, -0.05) is 17.7 Å². The Morgan fingerprint density at radius 1 is 1.44 bits per heavy atom. The molecule has 3 heteroatoms. The van der Waals surface area contributed by atoms with Crippen molar-refractivity contribution >= 4 is 11.6 Å². The number of hydrogen-bond acceptors (Lipinski definition) is 1. The number of hydrogen-bond donors (Lipinski definition) is 1. The lowest BCUT2D eigenvalue weighted by Gasteiger charge is -1.93. The third-order valence-electron chi connectivity index (χ3n) is 0.950.